The zero-order valence-electron chi connectivity index (χ0n) is 9.38. The van der Waals surface area contributed by atoms with E-state index in [2.05, 4.69) is 30.3 Å². The molecule has 2 heterocycles. The van der Waals surface area contributed by atoms with Gasteiger partial charge in [0, 0.05) is 20.1 Å². The number of ether oxygens (including phenoxy) is 1. The largest absolute Gasteiger partial charge is 0.645 e. The van der Waals surface area contributed by atoms with Gasteiger partial charge in [-0.3, -0.25) is 0 Å². The Hall–Kier alpha value is -1.57. The summed E-state index contributed by atoms with van der Waals surface area (Å²) in [5, 5.41) is 0. The second-order valence-electron chi connectivity index (χ2n) is 4.09. The molecule has 0 saturated carbocycles. The number of nitrogens with zero attached hydrogens (tertiary/aromatic N) is 1. The number of anilines is 1. The Balaban J connectivity index is 0.000001000. The zero-order chi connectivity index (χ0) is 11.2. The fourth-order valence-corrected chi connectivity index (χ4v) is 2.42. The number of para-hydroxylation sites is 1. The smallest absolute Gasteiger partial charge is 0.0703 e. The first-order valence-corrected chi connectivity index (χ1v) is 5.54. The summed E-state index contributed by atoms with van der Waals surface area (Å²) in [5.41, 5.74) is 5.77. The van der Waals surface area contributed by atoms with Crippen molar-refractivity contribution >= 4 is 11.4 Å². The topological polar surface area (TPSA) is 12.5 Å². The van der Waals surface area contributed by atoms with Gasteiger partial charge in [-0.1, -0.05) is 42.2 Å². The Morgan fingerprint density at radius 3 is 2.67 bits per heavy atom. The normalized spacial score (nSPS) is 14.7. The van der Waals surface area contributed by atoms with Crippen molar-refractivity contribution < 1.29 is 24.8 Å². The molecule has 18 heavy (non-hydrogen) atoms. The molecule has 2 aliphatic rings. The Kier molecular flexibility index (Phi) is 2.73. The summed E-state index contributed by atoms with van der Waals surface area (Å²) in [5.74, 6) is 0. The third kappa shape index (κ3) is 1.45. The van der Waals surface area contributed by atoms with Crippen LogP contribution in [0.3, 0.4) is 0 Å². The molecule has 0 unspecified atom stereocenters. The number of rotatable bonds is 0. The number of benzene rings is 2. The summed E-state index contributed by atoms with van der Waals surface area (Å²) in [6, 6.07) is 17.7. The van der Waals surface area contributed by atoms with Gasteiger partial charge in [-0.15, -0.1) is 5.56 Å². The second-order valence-corrected chi connectivity index (χ2v) is 4.09. The van der Waals surface area contributed by atoms with Crippen LogP contribution < -0.4 is 4.90 Å². The van der Waals surface area contributed by atoms with Crippen molar-refractivity contribution in [3.63, 3.8) is 0 Å². The number of hydrogen-bond donors (Lipinski definition) is 0. The van der Waals surface area contributed by atoms with Crippen molar-refractivity contribution in [2.75, 3.05) is 4.90 Å². The van der Waals surface area contributed by atoms with Crippen LogP contribution in [0, 0.1) is 12.8 Å². The molecule has 0 N–H and O–H groups in total. The predicted molar refractivity (Wildman–Crippen MR) is 66.6 cm³/mol. The van der Waals surface area contributed by atoms with E-state index in [0.717, 1.165) is 11.4 Å². The van der Waals surface area contributed by atoms with E-state index in [9.17, 15) is 0 Å². The minimum Gasteiger partial charge on any atom is -0.645 e. The molecule has 0 fully saturated rings. The third-order valence-corrected chi connectivity index (χ3v) is 3.17. The molecule has 2 aromatic rings. The molecule has 0 atom stereocenters. The van der Waals surface area contributed by atoms with Crippen LogP contribution in [0.2, 0.25) is 0 Å². The summed E-state index contributed by atoms with van der Waals surface area (Å²) < 4.78 is 5.32. The summed E-state index contributed by atoms with van der Waals surface area (Å²) >= 11 is 0. The van der Waals surface area contributed by atoms with Gasteiger partial charge < -0.3 is 9.64 Å². The minimum atomic E-state index is 0. The van der Waals surface area contributed by atoms with Crippen LogP contribution in [0.5, 0.6) is 0 Å². The molecule has 91 valence electrons. The first-order chi connectivity index (χ1) is 8.45. The second kappa shape index (κ2) is 4.27. The maximum Gasteiger partial charge on any atom is 0.0703 e. The van der Waals surface area contributed by atoms with Crippen molar-refractivity contribution in [2.45, 2.75) is 0 Å². The molecule has 2 aliphatic heterocycles. The van der Waals surface area contributed by atoms with Gasteiger partial charge in [0.2, 0.25) is 0 Å². The van der Waals surface area contributed by atoms with Gasteiger partial charge in [0.15, 0.2) is 0 Å². The first-order valence-electron chi connectivity index (χ1n) is 5.54. The molecule has 0 amide bonds. The third-order valence-electron chi connectivity index (χ3n) is 3.17. The van der Waals surface area contributed by atoms with Crippen LogP contribution in [0.1, 0.15) is 5.56 Å². The van der Waals surface area contributed by atoms with Gasteiger partial charge in [-0.05, 0) is 5.56 Å². The van der Waals surface area contributed by atoms with Crippen molar-refractivity contribution in [1.29, 1.82) is 0 Å². The maximum absolute atomic E-state index is 5.32. The van der Waals surface area contributed by atoms with Gasteiger partial charge in [-0.25, -0.2) is 0 Å². The molecular formula is C15H9IrNO-2. The average molecular weight is 411 g/mol. The Morgan fingerprint density at radius 2 is 1.78 bits per heavy atom. The van der Waals surface area contributed by atoms with Gasteiger partial charge in [-0.2, -0.15) is 24.3 Å². The van der Waals surface area contributed by atoms with E-state index in [1.165, 1.54) is 16.7 Å². The minimum absolute atomic E-state index is 0. The molecule has 4 rings (SSSR count). The van der Waals surface area contributed by atoms with E-state index in [4.69, 9.17) is 4.74 Å². The van der Waals surface area contributed by atoms with E-state index in [1.807, 2.05) is 23.1 Å². The summed E-state index contributed by atoms with van der Waals surface area (Å²) in [6.45, 7) is 1.72. The monoisotopic (exact) mass is 412 g/mol. The Labute approximate surface area is 119 Å². The molecule has 0 saturated heterocycles. The van der Waals surface area contributed by atoms with E-state index in [-0.39, 0.29) is 20.1 Å². The number of hydrogen-bond acceptors (Lipinski definition) is 2. The summed E-state index contributed by atoms with van der Waals surface area (Å²) in [6.07, 6.45) is 1.78. The molecule has 0 bridgehead atoms. The Bertz CT molecular complexity index is 636. The molecule has 1 radical (unpaired) electrons. The van der Waals surface area contributed by atoms with E-state index in [0.29, 0.717) is 0 Å². The average Bonchev–Trinajstić information content (AvgIpc) is 2.89. The molecule has 2 nitrogen and oxygen atoms in total. The van der Waals surface area contributed by atoms with E-state index < -0.39 is 0 Å². The van der Waals surface area contributed by atoms with Crippen LogP contribution in [0.4, 0.5) is 5.69 Å². The van der Waals surface area contributed by atoms with Crippen LogP contribution in [-0.4, -0.2) is 0 Å². The Morgan fingerprint density at radius 1 is 1.00 bits per heavy atom. The molecule has 0 spiro atoms. The molecule has 0 aliphatic carbocycles. The standard InChI is InChI=1S/C15H9NO.Ir/c1-2-7-13-11(5-1)12-6-3-4-8-14(12)16-10-17-9-15(13)16;/h1-7,9-10H;/q-2;. The van der Waals surface area contributed by atoms with Gasteiger partial charge in [0.1, 0.15) is 0 Å². The quantitative estimate of drug-likeness (QED) is 0.616. The van der Waals surface area contributed by atoms with Crippen molar-refractivity contribution in [3.05, 3.63) is 67.1 Å². The zero-order valence-corrected chi connectivity index (χ0v) is 11.8. The first kappa shape index (κ1) is 11.5. The maximum atomic E-state index is 5.32. The van der Waals surface area contributed by atoms with Crippen molar-refractivity contribution in [1.82, 2.24) is 0 Å². The van der Waals surface area contributed by atoms with E-state index in [1.54, 1.807) is 13.0 Å². The van der Waals surface area contributed by atoms with Gasteiger partial charge in [0.05, 0.1) is 12.0 Å². The summed E-state index contributed by atoms with van der Waals surface area (Å²) in [4.78, 5) is 2.04. The van der Waals surface area contributed by atoms with Crippen molar-refractivity contribution in [2.24, 2.45) is 0 Å². The predicted octanol–water partition coefficient (Wildman–Crippen LogP) is 3.42. The SMILES string of the molecule is [Ir].[c-]1cccc2c1N1[CH-]OC=C1c1ccccc1-2. The van der Waals surface area contributed by atoms with E-state index >= 15 is 0 Å². The fourth-order valence-electron chi connectivity index (χ4n) is 2.42. The fraction of sp³-hybridized carbons (Fsp3) is 0. The van der Waals surface area contributed by atoms with Crippen LogP contribution in [0.15, 0.2) is 48.7 Å². The van der Waals surface area contributed by atoms with Gasteiger partial charge >= 0.3 is 0 Å². The van der Waals surface area contributed by atoms with Gasteiger partial charge in [0.25, 0.3) is 0 Å². The number of fused-ring (bicyclic) bond motifs is 6. The molecule has 2 aromatic carbocycles. The summed E-state index contributed by atoms with van der Waals surface area (Å²) in [7, 11) is 0. The molecule has 3 heteroatoms. The van der Waals surface area contributed by atoms with Crippen LogP contribution in [-0.2, 0) is 24.8 Å². The molecule has 0 aromatic heterocycles. The van der Waals surface area contributed by atoms with Crippen LogP contribution in [0.25, 0.3) is 16.8 Å². The molecular weight excluding hydrogens is 402 g/mol. The van der Waals surface area contributed by atoms with Crippen molar-refractivity contribution in [3.8, 4) is 11.1 Å². The van der Waals surface area contributed by atoms with Crippen LogP contribution >= 0.6 is 0 Å².